The Labute approximate surface area is 122 Å². The summed E-state index contributed by atoms with van der Waals surface area (Å²) in [6.45, 7) is 0.705. The van der Waals surface area contributed by atoms with Crippen LogP contribution in [0.1, 0.15) is 29.6 Å². The second kappa shape index (κ2) is 5.37. The van der Waals surface area contributed by atoms with Crippen LogP contribution in [0.15, 0.2) is 30.6 Å². The van der Waals surface area contributed by atoms with Crippen LogP contribution in [0.2, 0.25) is 0 Å². The minimum atomic E-state index is -0.0570. The van der Waals surface area contributed by atoms with E-state index in [1.165, 1.54) is 0 Å². The lowest BCUT2D eigenvalue weighted by molar-refractivity contribution is 0.0944. The maximum Gasteiger partial charge on any atom is 0.251 e. The normalized spacial score (nSPS) is 16.1. The van der Waals surface area contributed by atoms with Crippen molar-refractivity contribution in [2.45, 2.75) is 19.3 Å². The van der Waals surface area contributed by atoms with Crippen LogP contribution >= 0.6 is 11.6 Å². The van der Waals surface area contributed by atoms with E-state index in [1.54, 1.807) is 24.5 Å². The van der Waals surface area contributed by atoms with Crippen molar-refractivity contribution in [3.8, 4) is 0 Å². The zero-order valence-corrected chi connectivity index (χ0v) is 11.9. The molecule has 0 aliphatic heterocycles. The van der Waals surface area contributed by atoms with Gasteiger partial charge in [-0.15, -0.1) is 11.6 Å². The number of alkyl halides is 1. The molecule has 104 valence electrons. The van der Waals surface area contributed by atoms with Gasteiger partial charge in [0, 0.05) is 30.4 Å². The Bertz CT molecular complexity index is 640. The van der Waals surface area contributed by atoms with Gasteiger partial charge in [0.25, 0.3) is 5.91 Å². The van der Waals surface area contributed by atoms with E-state index in [0.29, 0.717) is 18.0 Å². The first-order valence-corrected chi connectivity index (χ1v) is 7.31. The van der Waals surface area contributed by atoms with Crippen molar-refractivity contribution in [1.82, 2.24) is 15.3 Å². The molecule has 1 amide bonds. The fraction of sp³-hybridized carbons (Fsp3) is 0.400. The van der Waals surface area contributed by atoms with Gasteiger partial charge in [0.1, 0.15) is 0 Å². The zero-order valence-electron chi connectivity index (χ0n) is 11.1. The number of hydrogen-bond acceptors (Lipinski definition) is 3. The van der Waals surface area contributed by atoms with Gasteiger partial charge in [-0.3, -0.25) is 14.8 Å². The quantitative estimate of drug-likeness (QED) is 0.861. The number of halogens is 1. The molecule has 1 aliphatic rings. The Kier molecular flexibility index (Phi) is 3.57. The molecular weight excluding hydrogens is 274 g/mol. The molecule has 2 aromatic rings. The molecule has 0 saturated heterocycles. The molecule has 0 radical (unpaired) electrons. The highest BCUT2D eigenvalue weighted by Gasteiger charge is 2.41. The first-order chi connectivity index (χ1) is 9.72. The van der Waals surface area contributed by atoms with Crippen LogP contribution < -0.4 is 5.32 Å². The van der Waals surface area contributed by atoms with Crippen LogP contribution in [-0.2, 0) is 0 Å². The number of nitrogens with zero attached hydrogens (tertiary/aromatic N) is 2. The van der Waals surface area contributed by atoms with E-state index in [4.69, 9.17) is 11.6 Å². The molecule has 1 fully saturated rings. The second-order valence-corrected chi connectivity index (χ2v) is 5.76. The van der Waals surface area contributed by atoms with E-state index in [9.17, 15) is 4.79 Å². The van der Waals surface area contributed by atoms with Crippen molar-refractivity contribution < 1.29 is 4.79 Å². The van der Waals surface area contributed by atoms with Crippen molar-refractivity contribution in [1.29, 1.82) is 0 Å². The smallest absolute Gasteiger partial charge is 0.251 e. The maximum absolute atomic E-state index is 12.2. The van der Waals surface area contributed by atoms with E-state index in [0.717, 1.165) is 30.3 Å². The Hall–Kier alpha value is -1.68. The number of rotatable bonds is 5. The number of carbonyl (C=O) groups is 1. The van der Waals surface area contributed by atoms with Gasteiger partial charge < -0.3 is 5.32 Å². The lowest BCUT2D eigenvalue weighted by Gasteiger charge is -2.14. The average Bonchev–Trinajstić information content (AvgIpc) is 3.25. The van der Waals surface area contributed by atoms with Gasteiger partial charge in [-0.25, -0.2) is 0 Å². The third kappa shape index (κ3) is 2.75. The number of nitrogens with one attached hydrogen (secondary N) is 1. The molecule has 0 bridgehead atoms. The molecule has 1 aromatic heterocycles. The Balaban J connectivity index is 1.69. The first kappa shape index (κ1) is 13.3. The molecule has 3 rings (SSSR count). The summed E-state index contributed by atoms with van der Waals surface area (Å²) >= 11 is 5.80. The van der Waals surface area contributed by atoms with Crippen molar-refractivity contribution in [2.75, 3.05) is 12.4 Å². The van der Waals surface area contributed by atoms with Gasteiger partial charge in [-0.1, -0.05) is 0 Å². The predicted octanol–water partition coefficient (Wildman–Crippen LogP) is 2.77. The number of carbonyl (C=O) groups excluding carboxylic acids is 1. The summed E-state index contributed by atoms with van der Waals surface area (Å²) in [7, 11) is 0. The van der Waals surface area contributed by atoms with Crippen LogP contribution in [0.4, 0.5) is 0 Å². The fourth-order valence-corrected chi connectivity index (χ4v) is 2.77. The van der Waals surface area contributed by atoms with Gasteiger partial charge in [0.15, 0.2) is 0 Å². The standard InChI is InChI=1S/C15H16ClN3O/c16-6-5-15(3-4-15)10-19-14(20)11-1-2-12-13(9-11)18-8-7-17-12/h1-2,7-9H,3-6,10H2,(H,19,20). The summed E-state index contributed by atoms with van der Waals surface area (Å²) < 4.78 is 0. The van der Waals surface area contributed by atoms with E-state index in [1.807, 2.05) is 6.07 Å². The van der Waals surface area contributed by atoms with Crippen molar-refractivity contribution >= 4 is 28.5 Å². The largest absolute Gasteiger partial charge is 0.351 e. The topological polar surface area (TPSA) is 54.9 Å². The van der Waals surface area contributed by atoms with Crippen LogP contribution in [0, 0.1) is 5.41 Å². The van der Waals surface area contributed by atoms with E-state index < -0.39 is 0 Å². The minimum absolute atomic E-state index is 0.0570. The molecule has 5 heteroatoms. The van der Waals surface area contributed by atoms with Crippen LogP contribution in [-0.4, -0.2) is 28.3 Å². The van der Waals surface area contributed by atoms with E-state index >= 15 is 0 Å². The maximum atomic E-state index is 12.2. The van der Waals surface area contributed by atoms with Gasteiger partial charge >= 0.3 is 0 Å². The van der Waals surface area contributed by atoms with Gasteiger partial charge in [0.2, 0.25) is 0 Å². The molecule has 1 N–H and O–H groups in total. The Morgan fingerprint density at radius 3 is 2.70 bits per heavy atom. The highest BCUT2D eigenvalue weighted by molar-refractivity contribution is 6.17. The third-order valence-electron chi connectivity index (χ3n) is 3.94. The van der Waals surface area contributed by atoms with Gasteiger partial charge in [0.05, 0.1) is 11.0 Å². The number of hydrogen-bond donors (Lipinski definition) is 1. The van der Waals surface area contributed by atoms with Crippen LogP contribution in [0.3, 0.4) is 0 Å². The number of fused-ring (bicyclic) bond motifs is 1. The van der Waals surface area contributed by atoms with Crippen molar-refractivity contribution in [3.63, 3.8) is 0 Å². The summed E-state index contributed by atoms with van der Waals surface area (Å²) in [5, 5.41) is 3.01. The number of aromatic nitrogens is 2. The lowest BCUT2D eigenvalue weighted by Crippen LogP contribution is -2.30. The summed E-state index contributed by atoms with van der Waals surface area (Å²) in [5.74, 6) is 0.597. The number of amides is 1. The average molecular weight is 290 g/mol. The minimum Gasteiger partial charge on any atom is -0.351 e. The van der Waals surface area contributed by atoms with E-state index in [-0.39, 0.29) is 11.3 Å². The van der Waals surface area contributed by atoms with Crippen LogP contribution in [0.25, 0.3) is 11.0 Å². The summed E-state index contributed by atoms with van der Waals surface area (Å²) in [4.78, 5) is 20.6. The number of benzene rings is 1. The molecule has 0 spiro atoms. The SMILES string of the molecule is O=C(NCC1(CCCl)CC1)c1ccc2nccnc2c1. The molecule has 0 unspecified atom stereocenters. The van der Waals surface area contributed by atoms with E-state index in [2.05, 4.69) is 15.3 Å². The van der Waals surface area contributed by atoms with Gasteiger partial charge in [-0.2, -0.15) is 0 Å². The molecule has 4 nitrogen and oxygen atoms in total. The molecule has 1 aromatic carbocycles. The second-order valence-electron chi connectivity index (χ2n) is 5.38. The molecule has 1 aliphatic carbocycles. The highest BCUT2D eigenvalue weighted by atomic mass is 35.5. The summed E-state index contributed by atoms with van der Waals surface area (Å²) in [5.41, 5.74) is 2.40. The zero-order chi connectivity index (χ0) is 14.0. The third-order valence-corrected chi connectivity index (χ3v) is 4.13. The monoisotopic (exact) mass is 289 g/mol. The molecule has 0 atom stereocenters. The van der Waals surface area contributed by atoms with Crippen molar-refractivity contribution in [3.05, 3.63) is 36.2 Å². The predicted molar refractivity (Wildman–Crippen MR) is 78.9 cm³/mol. The fourth-order valence-electron chi connectivity index (χ4n) is 2.37. The lowest BCUT2D eigenvalue weighted by atomic mass is 10.0. The highest BCUT2D eigenvalue weighted by Crippen LogP contribution is 2.48. The molecule has 1 saturated carbocycles. The van der Waals surface area contributed by atoms with Crippen LogP contribution in [0.5, 0.6) is 0 Å². The van der Waals surface area contributed by atoms with Gasteiger partial charge in [-0.05, 0) is 42.9 Å². The molecular formula is C15H16ClN3O. The molecule has 20 heavy (non-hydrogen) atoms. The summed E-state index contributed by atoms with van der Waals surface area (Å²) in [6.07, 6.45) is 6.55. The first-order valence-electron chi connectivity index (χ1n) is 6.77. The Morgan fingerprint density at radius 1 is 1.25 bits per heavy atom. The Morgan fingerprint density at radius 2 is 2.00 bits per heavy atom. The molecule has 1 heterocycles. The summed E-state index contributed by atoms with van der Waals surface area (Å²) in [6, 6.07) is 5.38. The van der Waals surface area contributed by atoms with Crippen molar-refractivity contribution in [2.24, 2.45) is 5.41 Å².